The molecule has 1 saturated carbocycles. The number of carbonyl (C=O) groups is 4. The first-order chi connectivity index (χ1) is 23.1. The molecule has 1 aliphatic carbocycles. The summed E-state index contributed by atoms with van der Waals surface area (Å²) in [5, 5.41) is 0. The van der Waals surface area contributed by atoms with Crippen LogP contribution in [0.3, 0.4) is 0 Å². The van der Waals surface area contributed by atoms with Gasteiger partial charge >= 0.3 is 6.09 Å². The quantitative estimate of drug-likeness (QED) is 0.186. The number of likely N-dealkylation sites (tertiary alicyclic amines) is 2. The molecule has 1 atom stereocenters. The number of carbonyl (C=O) groups excluding carboxylic acids is 4. The average Bonchev–Trinajstić information content (AvgIpc) is 3.34. The van der Waals surface area contributed by atoms with Gasteiger partial charge in [0.05, 0.1) is 12.2 Å². The molecule has 1 spiro atoms. The number of nitrogens with zero attached hydrogens (tertiary/aromatic N) is 4. The Morgan fingerprint density at radius 1 is 0.959 bits per heavy atom. The molecule has 49 heavy (non-hydrogen) atoms. The summed E-state index contributed by atoms with van der Waals surface area (Å²) in [7, 11) is -1.29. The van der Waals surface area contributed by atoms with E-state index in [1.807, 2.05) is 37.8 Å². The van der Waals surface area contributed by atoms with Crippen LogP contribution in [0.2, 0.25) is 25.7 Å². The maximum Gasteiger partial charge on any atom is 0.410 e. The fourth-order valence-electron chi connectivity index (χ4n) is 7.96. The molecular weight excluding hydrogens is 641 g/mol. The third-order valence-corrected chi connectivity index (χ3v) is 12.6. The van der Waals surface area contributed by atoms with E-state index in [0.717, 1.165) is 82.0 Å². The number of imide groups is 1. The lowest BCUT2D eigenvalue weighted by Crippen LogP contribution is -2.60. The van der Waals surface area contributed by atoms with Crippen molar-refractivity contribution in [3.8, 4) is 0 Å². The molecule has 270 valence electrons. The van der Waals surface area contributed by atoms with E-state index in [-0.39, 0.29) is 54.6 Å². The highest BCUT2D eigenvalue weighted by Crippen LogP contribution is 2.45. The molecule has 4 heterocycles. The van der Waals surface area contributed by atoms with E-state index in [1.54, 1.807) is 4.90 Å². The summed E-state index contributed by atoms with van der Waals surface area (Å²) in [6.07, 6.45) is 7.06. The van der Waals surface area contributed by atoms with Crippen LogP contribution in [-0.2, 0) is 30.3 Å². The summed E-state index contributed by atoms with van der Waals surface area (Å²) < 4.78 is 17.9. The second-order valence-corrected chi connectivity index (χ2v) is 22.8. The fourth-order valence-corrected chi connectivity index (χ4v) is 8.71. The minimum atomic E-state index is -1.29. The van der Waals surface area contributed by atoms with Crippen LogP contribution >= 0.6 is 0 Å². The highest BCUT2D eigenvalue weighted by atomic mass is 28.3. The second kappa shape index (κ2) is 14.0. The van der Waals surface area contributed by atoms with Gasteiger partial charge in [0.2, 0.25) is 5.91 Å². The molecule has 5 aliphatic rings. The first kappa shape index (κ1) is 35.8. The summed E-state index contributed by atoms with van der Waals surface area (Å²) >= 11 is 0. The van der Waals surface area contributed by atoms with Crippen LogP contribution in [0, 0.1) is 5.41 Å². The highest BCUT2D eigenvalue weighted by Gasteiger charge is 2.48. The molecule has 6 rings (SSSR count). The largest absolute Gasteiger partial charge is 0.444 e. The van der Waals surface area contributed by atoms with Crippen molar-refractivity contribution in [3.05, 3.63) is 29.3 Å². The van der Waals surface area contributed by atoms with E-state index in [2.05, 4.69) is 30.6 Å². The van der Waals surface area contributed by atoms with E-state index in [0.29, 0.717) is 25.1 Å². The second-order valence-electron chi connectivity index (χ2n) is 17.2. The standard InChI is InChI=1S/C37H56N4O7Si/c1-36(2,3)48-35(45)39-23-37(24-39)15-11-28(12-16-37)47-29-13-17-38(18-14-29)27-7-8-30-26(21-27)22-40(33(30)43)31-9-10-32(42)41(34(31)44)25-46-19-20-49(4,5)6/h7-8,21,28-29,31H,9-20,22-25H2,1-6H3. The first-order valence-electron chi connectivity index (χ1n) is 18.3. The van der Waals surface area contributed by atoms with Gasteiger partial charge in [-0.3, -0.25) is 19.3 Å². The number of fused-ring (bicyclic) bond motifs is 1. The van der Waals surface area contributed by atoms with E-state index >= 15 is 0 Å². The Bertz CT molecular complexity index is 1410. The molecule has 11 nitrogen and oxygen atoms in total. The molecular formula is C37H56N4O7Si. The molecule has 4 aliphatic heterocycles. The van der Waals surface area contributed by atoms with Crippen molar-refractivity contribution >= 4 is 37.6 Å². The number of hydrogen-bond donors (Lipinski definition) is 0. The molecule has 1 aromatic carbocycles. The summed E-state index contributed by atoms with van der Waals surface area (Å²) in [5.41, 5.74) is 2.43. The molecule has 0 N–H and O–H groups in total. The fraction of sp³-hybridized carbons (Fsp3) is 0.730. The van der Waals surface area contributed by atoms with Crippen molar-refractivity contribution in [1.29, 1.82) is 0 Å². The predicted octanol–water partition coefficient (Wildman–Crippen LogP) is 5.64. The molecule has 4 fully saturated rings. The zero-order chi connectivity index (χ0) is 35.1. The maximum atomic E-state index is 13.5. The Morgan fingerprint density at radius 2 is 1.63 bits per heavy atom. The maximum absolute atomic E-state index is 13.5. The zero-order valence-electron chi connectivity index (χ0n) is 30.4. The van der Waals surface area contributed by atoms with Crippen molar-refractivity contribution in [2.45, 2.75) is 128 Å². The Labute approximate surface area is 292 Å². The topological polar surface area (TPSA) is 109 Å². The minimum Gasteiger partial charge on any atom is -0.444 e. The van der Waals surface area contributed by atoms with Crippen molar-refractivity contribution in [1.82, 2.24) is 14.7 Å². The van der Waals surface area contributed by atoms with Crippen LogP contribution in [0.25, 0.3) is 0 Å². The van der Waals surface area contributed by atoms with Gasteiger partial charge in [-0.2, -0.15) is 0 Å². The van der Waals surface area contributed by atoms with Crippen LogP contribution in [0.5, 0.6) is 0 Å². The number of amides is 4. The smallest absolute Gasteiger partial charge is 0.410 e. The number of rotatable bonds is 9. The Hall–Kier alpha value is -2.96. The third kappa shape index (κ3) is 8.34. The van der Waals surface area contributed by atoms with Crippen molar-refractivity contribution < 1.29 is 33.4 Å². The summed E-state index contributed by atoms with van der Waals surface area (Å²) in [6, 6.07) is 6.32. The van der Waals surface area contributed by atoms with Gasteiger partial charge in [-0.15, -0.1) is 0 Å². The first-order valence-corrected chi connectivity index (χ1v) is 22.0. The molecule has 0 aromatic heterocycles. The van der Waals surface area contributed by atoms with Crippen LogP contribution in [0.1, 0.15) is 88.1 Å². The Balaban J connectivity index is 0.955. The summed E-state index contributed by atoms with van der Waals surface area (Å²) in [6.45, 7) is 16.7. The van der Waals surface area contributed by atoms with Crippen LogP contribution in [0.15, 0.2) is 18.2 Å². The van der Waals surface area contributed by atoms with Crippen molar-refractivity contribution in [3.63, 3.8) is 0 Å². The normalized spacial score (nSPS) is 23.7. The van der Waals surface area contributed by atoms with Gasteiger partial charge in [0.25, 0.3) is 11.8 Å². The average molecular weight is 697 g/mol. The lowest BCUT2D eigenvalue weighted by atomic mass is 9.68. The lowest BCUT2D eigenvalue weighted by molar-refractivity contribution is -0.158. The van der Waals surface area contributed by atoms with Crippen molar-refractivity contribution in [2.75, 3.05) is 44.4 Å². The van der Waals surface area contributed by atoms with Gasteiger partial charge in [0, 0.05) is 70.5 Å². The number of piperidine rings is 2. The van der Waals surface area contributed by atoms with Crippen LogP contribution < -0.4 is 4.90 Å². The third-order valence-electron chi connectivity index (χ3n) is 10.9. The molecule has 4 amide bonds. The number of anilines is 1. The Kier molecular flexibility index (Phi) is 10.2. The van der Waals surface area contributed by atoms with Gasteiger partial charge in [-0.05, 0) is 95.5 Å². The zero-order valence-corrected chi connectivity index (χ0v) is 31.4. The number of benzene rings is 1. The van der Waals surface area contributed by atoms with E-state index < -0.39 is 19.7 Å². The SMILES string of the molecule is CC(C)(C)OC(=O)N1CC2(CCC(OC3CCN(c4ccc5c(c4)CN(C4CCC(=O)N(COCC[Si](C)(C)C)C4=O)C5=O)CC3)CC2)C1. The monoisotopic (exact) mass is 696 g/mol. The lowest BCUT2D eigenvalue weighted by Gasteiger charge is -2.53. The molecule has 1 aromatic rings. The van der Waals surface area contributed by atoms with E-state index in [1.165, 1.54) is 4.90 Å². The van der Waals surface area contributed by atoms with Gasteiger partial charge in [0.15, 0.2) is 0 Å². The number of ether oxygens (including phenoxy) is 3. The van der Waals surface area contributed by atoms with Gasteiger partial charge in [-0.25, -0.2) is 4.79 Å². The molecule has 12 heteroatoms. The minimum absolute atomic E-state index is 0.0481. The predicted molar refractivity (Wildman–Crippen MR) is 189 cm³/mol. The molecule has 1 unspecified atom stereocenters. The van der Waals surface area contributed by atoms with Crippen molar-refractivity contribution in [2.24, 2.45) is 5.41 Å². The summed E-state index contributed by atoms with van der Waals surface area (Å²) in [4.78, 5) is 59.0. The molecule has 0 radical (unpaired) electrons. The van der Waals surface area contributed by atoms with E-state index in [4.69, 9.17) is 14.2 Å². The Morgan fingerprint density at radius 3 is 2.29 bits per heavy atom. The van der Waals surface area contributed by atoms with Gasteiger partial charge < -0.3 is 28.9 Å². The van der Waals surface area contributed by atoms with Crippen LogP contribution in [0.4, 0.5) is 10.5 Å². The number of hydrogen-bond acceptors (Lipinski definition) is 8. The van der Waals surface area contributed by atoms with E-state index in [9.17, 15) is 19.2 Å². The van der Waals surface area contributed by atoms with Gasteiger partial charge in [-0.1, -0.05) is 19.6 Å². The van der Waals surface area contributed by atoms with Gasteiger partial charge in [0.1, 0.15) is 18.4 Å². The summed E-state index contributed by atoms with van der Waals surface area (Å²) in [5.74, 6) is -0.712. The highest BCUT2D eigenvalue weighted by molar-refractivity contribution is 6.76. The van der Waals surface area contributed by atoms with Crippen LogP contribution in [-0.4, -0.2) is 110 Å². The molecule has 0 bridgehead atoms. The molecule has 3 saturated heterocycles.